The molecule has 0 bridgehead atoms. The highest BCUT2D eigenvalue weighted by Crippen LogP contribution is 2.29. The second-order valence-corrected chi connectivity index (χ2v) is 7.10. The van der Waals surface area contributed by atoms with Crippen LogP contribution in [0.3, 0.4) is 0 Å². The predicted octanol–water partition coefficient (Wildman–Crippen LogP) is 3.28. The standard InChI is InChI=1S/C20H19ClN2O2/c21-17-6-3-7-18(11-17)23-13-16(10-19(23)24)20(25)22-9-8-14-4-1-2-5-15(14)12-22/h1-7,11,16H,8-10,12-13H2. The maximum Gasteiger partial charge on any atom is 0.228 e. The second-order valence-electron chi connectivity index (χ2n) is 6.66. The largest absolute Gasteiger partial charge is 0.338 e. The van der Waals surface area contributed by atoms with Crippen LogP contribution in [0.25, 0.3) is 0 Å². The molecule has 1 saturated heterocycles. The average molecular weight is 355 g/mol. The number of halogens is 1. The fraction of sp³-hybridized carbons (Fsp3) is 0.300. The average Bonchev–Trinajstić information content (AvgIpc) is 3.02. The van der Waals surface area contributed by atoms with E-state index in [4.69, 9.17) is 11.6 Å². The van der Waals surface area contributed by atoms with Crippen molar-refractivity contribution in [2.75, 3.05) is 18.0 Å². The first-order chi connectivity index (χ1) is 12.1. The van der Waals surface area contributed by atoms with Crippen LogP contribution in [0.2, 0.25) is 5.02 Å². The molecule has 1 fully saturated rings. The van der Waals surface area contributed by atoms with Crippen LogP contribution < -0.4 is 4.90 Å². The topological polar surface area (TPSA) is 40.6 Å². The number of hydrogen-bond acceptors (Lipinski definition) is 2. The van der Waals surface area contributed by atoms with Gasteiger partial charge in [0, 0.05) is 36.8 Å². The Morgan fingerprint density at radius 3 is 2.68 bits per heavy atom. The fourth-order valence-corrected chi connectivity index (χ4v) is 3.89. The Labute approximate surface area is 152 Å². The Morgan fingerprint density at radius 2 is 1.88 bits per heavy atom. The lowest BCUT2D eigenvalue weighted by Gasteiger charge is -2.30. The molecule has 2 aliphatic heterocycles. The van der Waals surface area contributed by atoms with E-state index >= 15 is 0 Å². The highest BCUT2D eigenvalue weighted by Gasteiger charge is 2.37. The number of hydrogen-bond donors (Lipinski definition) is 0. The minimum Gasteiger partial charge on any atom is -0.338 e. The third kappa shape index (κ3) is 3.14. The summed E-state index contributed by atoms with van der Waals surface area (Å²) in [6, 6.07) is 15.5. The van der Waals surface area contributed by atoms with E-state index < -0.39 is 0 Å². The van der Waals surface area contributed by atoms with Crippen molar-refractivity contribution in [2.24, 2.45) is 5.92 Å². The fourth-order valence-electron chi connectivity index (χ4n) is 3.71. The van der Waals surface area contributed by atoms with Gasteiger partial charge in [-0.3, -0.25) is 9.59 Å². The van der Waals surface area contributed by atoms with Gasteiger partial charge in [-0.2, -0.15) is 0 Å². The molecule has 2 aliphatic rings. The van der Waals surface area contributed by atoms with Crippen LogP contribution in [0, 0.1) is 5.92 Å². The Bertz CT molecular complexity index is 836. The van der Waals surface area contributed by atoms with Crippen molar-refractivity contribution in [3.63, 3.8) is 0 Å². The first-order valence-corrected chi connectivity index (χ1v) is 8.91. The van der Waals surface area contributed by atoms with Gasteiger partial charge in [0.25, 0.3) is 0 Å². The molecule has 5 heteroatoms. The zero-order chi connectivity index (χ0) is 17.4. The maximum absolute atomic E-state index is 12.9. The van der Waals surface area contributed by atoms with E-state index in [1.807, 2.05) is 29.2 Å². The van der Waals surface area contributed by atoms with Crippen LogP contribution in [0.5, 0.6) is 0 Å². The molecule has 25 heavy (non-hydrogen) atoms. The number of amides is 2. The summed E-state index contributed by atoms with van der Waals surface area (Å²) in [5, 5.41) is 0.590. The summed E-state index contributed by atoms with van der Waals surface area (Å²) in [5.74, 6) is -0.220. The molecule has 0 saturated carbocycles. The van der Waals surface area contributed by atoms with Gasteiger partial charge in [-0.1, -0.05) is 41.9 Å². The number of rotatable bonds is 2. The summed E-state index contributed by atoms with van der Waals surface area (Å²) in [4.78, 5) is 28.9. The number of anilines is 1. The molecular formula is C20H19ClN2O2. The highest BCUT2D eigenvalue weighted by atomic mass is 35.5. The van der Waals surface area contributed by atoms with Crippen LogP contribution in [0.1, 0.15) is 17.5 Å². The van der Waals surface area contributed by atoms with E-state index in [1.54, 1.807) is 17.0 Å². The SMILES string of the molecule is O=C(C1CC(=O)N(c2cccc(Cl)c2)C1)N1CCc2ccccc2C1. The summed E-state index contributed by atoms with van der Waals surface area (Å²) in [5.41, 5.74) is 3.28. The summed E-state index contributed by atoms with van der Waals surface area (Å²) in [6.07, 6.45) is 1.14. The Kier molecular flexibility index (Phi) is 4.22. The summed E-state index contributed by atoms with van der Waals surface area (Å²) < 4.78 is 0. The van der Waals surface area contributed by atoms with E-state index in [0.717, 1.165) is 18.7 Å². The van der Waals surface area contributed by atoms with Crippen molar-refractivity contribution < 1.29 is 9.59 Å². The molecule has 0 spiro atoms. The van der Waals surface area contributed by atoms with E-state index in [9.17, 15) is 9.59 Å². The summed E-state index contributed by atoms with van der Waals surface area (Å²) in [6.45, 7) is 1.78. The molecule has 4 rings (SSSR count). The van der Waals surface area contributed by atoms with Gasteiger partial charge in [0.05, 0.1) is 5.92 Å². The first-order valence-electron chi connectivity index (χ1n) is 8.53. The number of nitrogens with zero attached hydrogens (tertiary/aromatic N) is 2. The predicted molar refractivity (Wildman–Crippen MR) is 97.5 cm³/mol. The Hall–Kier alpha value is -2.33. The summed E-state index contributed by atoms with van der Waals surface area (Å²) in [7, 11) is 0. The normalized spacial score (nSPS) is 19.9. The van der Waals surface area contributed by atoms with Gasteiger partial charge in [-0.25, -0.2) is 0 Å². The highest BCUT2D eigenvalue weighted by molar-refractivity contribution is 6.31. The van der Waals surface area contributed by atoms with Gasteiger partial charge in [0.15, 0.2) is 0 Å². The number of benzene rings is 2. The lowest BCUT2D eigenvalue weighted by molar-refractivity contribution is -0.136. The molecule has 2 heterocycles. The number of carbonyl (C=O) groups excluding carboxylic acids is 2. The lowest BCUT2D eigenvalue weighted by Crippen LogP contribution is -2.40. The minimum absolute atomic E-state index is 0.0157. The van der Waals surface area contributed by atoms with Crippen LogP contribution >= 0.6 is 11.6 Å². The summed E-state index contributed by atoms with van der Waals surface area (Å²) >= 11 is 6.03. The van der Waals surface area contributed by atoms with Crippen molar-refractivity contribution in [3.8, 4) is 0 Å². The molecule has 2 aromatic carbocycles. The third-order valence-electron chi connectivity index (χ3n) is 5.04. The quantitative estimate of drug-likeness (QED) is 0.830. The van der Waals surface area contributed by atoms with Gasteiger partial charge in [-0.15, -0.1) is 0 Å². The maximum atomic E-state index is 12.9. The molecule has 0 aliphatic carbocycles. The molecular weight excluding hydrogens is 336 g/mol. The molecule has 1 unspecified atom stereocenters. The van der Waals surface area contributed by atoms with Crippen LogP contribution in [-0.4, -0.2) is 29.8 Å². The van der Waals surface area contributed by atoms with Crippen molar-refractivity contribution in [1.29, 1.82) is 0 Å². The molecule has 128 valence electrons. The van der Waals surface area contributed by atoms with Gasteiger partial charge in [-0.05, 0) is 35.7 Å². The molecule has 0 radical (unpaired) electrons. The monoisotopic (exact) mass is 354 g/mol. The molecule has 2 aromatic rings. The zero-order valence-corrected chi connectivity index (χ0v) is 14.6. The molecule has 1 atom stereocenters. The minimum atomic E-state index is -0.281. The van der Waals surface area contributed by atoms with Crippen molar-refractivity contribution in [3.05, 3.63) is 64.7 Å². The van der Waals surface area contributed by atoms with E-state index in [2.05, 4.69) is 12.1 Å². The molecule has 0 aromatic heterocycles. The number of fused-ring (bicyclic) bond motifs is 1. The lowest BCUT2D eigenvalue weighted by atomic mass is 9.98. The molecule has 4 nitrogen and oxygen atoms in total. The Morgan fingerprint density at radius 1 is 1.08 bits per heavy atom. The van der Waals surface area contributed by atoms with Gasteiger partial charge >= 0.3 is 0 Å². The van der Waals surface area contributed by atoms with Crippen molar-refractivity contribution in [2.45, 2.75) is 19.4 Å². The van der Waals surface area contributed by atoms with E-state index in [0.29, 0.717) is 18.1 Å². The van der Waals surface area contributed by atoms with E-state index in [1.165, 1.54) is 11.1 Å². The van der Waals surface area contributed by atoms with E-state index in [-0.39, 0.29) is 24.2 Å². The third-order valence-corrected chi connectivity index (χ3v) is 5.27. The van der Waals surface area contributed by atoms with Gasteiger partial charge in [0.1, 0.15) is 0 Å². The van der Waals surface area contributed by atoms with Crippen molar-refractivity contribution in [1.82, 2.24) is 4.90 Å². The van der Waals surface area contributed by atoms with Crippen molar-refractivity contribution >= 4 is 29.1 Å². The van der Waals surface area contributed by atoms with Crippen LogP contribution in [0.15, 0.2) is 48.5 Å². The van der Waals surface area contributed by atoms with Crippen LogP contribution in [0.4, 0.5) is 5.69 Å². The Balaban J connectivity index is 1.48. The molecule has 2 amide bonds. The smallest absolute Gasteiger partial charge is 0.228 e. The zero-order valence-electron chi connectivity index (χ0n) is 13.8. The first kappa shape index (κ1) is 16.2. The second kappa shape index (κ2) is 6.52. The van der Waals surface area contributed by atoms with Crippen LogP contribution in [-0.2, 0) is 22.6 Å². The number of carbonyl (C=O) groups is 2. The van der Waals surface area contributed by atoms with Gasteiger partial charge < -0.3 is 9.80 Å². The van der Waals surface area contributed by atoms with Gasteiger partial charge in [0.2, 0.25) is 11.8 Å². The molecule has 0 N–H and O–H groups in total.